The fourth-order valence-electron chi connectivity index (χ4n) is 0.377. The number of rotatable bonds is 0. The summed E-state index contributed by atoms with van der Waals surface area (Å²) in [6.45, 7) is 0.872. The molecule has 3 nitrogen and oxygen atoms in total. The predicted octanol–water partition coefficient (Wildman–Crippen LogP) is -0.578. The van der Waals surface area contributed by atoms with Crippen LogP contribution in [0.3, 0.4) is 0 Å². The zero-order valence-corrected chi connectivity index (χ0v) is 3.68. The van der Waals surface area contributed by atoms with E-state index in [1.54, 1.807) is 5.12 Å². The van der Waals surface area contributed by atoms with Crippen LogP contribution in [0.15, 0.2) is 5.10 Å². The van der Waals surface area contributed by atoms with E-state index in [9.17, 15) is 0 Å². The lowest BCUT2D eigenvalue weighted by Gasteiger charge is -2.02. The fraction of sp³-hybridized carbons (Fsp3) is 0.667. The van der Waals surface area contributed by atoms with Crippen LogP contribution in [0.1, 0.15) is 0 Å². The smallest absolute Gasteiger partial charge is 0.0538 e. The van der Waals surface area contributed by atoms with Crippen molar-refractivity contribution in [1.29, 1.82) is 0 Å². The molecule has 0 saturated heterocycles. The van der Waals surface area contributed by atoms with Gasteiger partial charge in [0.15, 0.2) is 0 Å². The number of nitrogens with zero attached hydrogens (tertiary/aromatic N) is 2. The predicted molar refractivity (Wildman–Crippen MR) is 24.3 cm³/mol. The monoisotopic (exact) mass is 85.1 g/mol. The Morgan fingerprint density at radius 1 is 2.00 bits per heavy atom. The molecule has 1 aliphatic heterocycles. The Kier molecular flexibility index (Phi) is 0.759. The van der Waals surface area contributed by atoms with Crippen LogP contribution in [-0.4, -0.2) is 24.9 Å². The van der Waals surface area contributed by atoms with E-state index < -0.39 is 0 Å². The molecular weight excluding hydrogens is 78.1 g/mol. The fourth-order valence-corrected chi connectivity index (χ4v) is 0.377. The van der Waals surface area contributed by atoms with Gasteiger partial charge in [-0.3, -0.25) is 0 Å². The summed E-state index contributed by atoms with van der Waals surface area (Å²) in [5, 5.41) is 5.51. The van der Waals surface area contributed by atoms with Crippen molar-refractivity contribution in [3.63, 3.8) is 0 Å². The Morgan fingerprint density at radius 3 is 3.00 bits per heavy atom. The highest BCUT2D eigenvalue weighted by Crippen LogP contribution is 1.77. The second-order valence-electron chi connectivity index (χ2n) is 1.18. The van der Waals surface area contributed by atoms with Crippen molar-refractivity contribution in [1.82, 2.24) is 10.5 Å². The molecule has 3 heteroatoms. The first-order valence-electron chi connectivity index (χ1n) is 1.89. The number of hydrazone groups is 1. The maximum absolute atomic E-state index is 3.83. The molecule has 0 aliphatic carbocycles. The van der Waals surface area contributed by atoms with Gasteiger partial charge in [-0.05, 0) is 0 Å². The minimum atomic E-state index is 0.872. The third-order valence-electron chi connectivity index (χ3n) is 0.666. The Hall–Kier alpha value is -0.570. The highest BCUT2D eigenvalue weighted by Gasteiger charge is 1.92. The first kappa shape index (κ1) is 3.61. The van der Waals surface area contributed by atoms with E-state index in [1.807, 2.05) is 13.3 Å². The average Bonchev–Trinajstić information content (AvgIpc) is 1.86. The van der Waals surface area contributed by atoms with Gasteiger partial charge in [-0.15, -0.1) is 0 Å². The molecule has 0 radical (unpaired) electrons. The minimum absolute atomic E-state index is 0.872. The van der Waals surface area contributed by atoms with Gasteiger partial charge < -0.3 is 0 Å². The first-order valence-corrected chi connectivity index (χ1v) is 1.89. The summed E-state index contributed by atoms with van der Waals surface area (Å²) in [5.74, 6) is 0. The molecule has 0 amide bonds. The molecule has 1 heterocycles. The molecule has 1 aliphatic rings. The van der Waals surface area contributed by atoms with Crippen molar-refractivity contribution in [2.75, 3.05) is 13.6 Å². The number of hydrogen-bond acceptors (Lipinski definition) is 3. The lowest BCUT2D eigenvalue weighted by atomic mass is 10.8. The highest BCUT2D eigenvalue weighted by atomic mass is 15.7. The van der Waals surface area contributed by atoms with Crippen molar-refractivity contribution in [3.8, 4) is 0 Å². The normalized spacial score (nSPS) is 19.8. The van der Waals surface area contributed by atoms with Crippen LogP contribution in [-0.2, 0) is 0 Å². The van der Waals surface area contributed by atoms with Gasteiger partial charge in [0.05, 0.1) is 6.54 Å². The molecule has 1 N–H and O–H groups in total. The molecule has 0 aromatic heterocycles. The van der Waals surface area contributed by atoms with E-state index in [1.165, 1.54) is 0 Å². The molecule has 0 saturated carbocycles. The van der Waals surface area contributed by atoms with Crippen LogP contribution < -0.4 is 5.43 Å². The maximum atomic E-state index is 3.83. The maximum Gasteiger partial charge on any atom is 0.0538 e. The SMILES string of the molecule is CN1N=CCN1. The van der Waals surface area contributed by atoms with E-state index in [0.717, 1.165) is 6.54 Å². The Labute approximate surface area is 36.6 Å². The average molecular weight is 85.1 g/mol. The van der Waals surface area contributed by atoms with E-state index >= 15 is 0 Å². The first-order chi connectivity index (χ1) is 2.89. The summed E-state index contributed by atoms with van der Waals surface area (Å²) in [6.07, 6.45) is 1.82. The molecule has 6 heavy (non-hydrogen) atoms. The summed E-state index contributed by atoms with van der Waals surface area (Å²) >= 11 is 0. The third kappa shape index (κ3) is 0.490. The third-order valence-corrected chi connectivity index (χ3v) is 0.666. The summed E-state index contributed by atoms with van der Waals surface area (Å²) in [6, 6.07) is 0. The summed E-state index contributed by atoms with van der Waals surface area (Å²) in [5.41, 5.74) is 2.93. The van der Waals surface area contributed by atoms with Crippen LogP contribution in [0.4, 0.5) is 0 Å². The van der Waals surface area contributed by atoms with Gasteiger partial charge in [-0.25, -0.2) is 10.5 Å². The summed E-state index contributed by atoms with van der Waals surface area (Å²) in [4.78, 5) is 0. The minimum Gasteiger partial charge on any atom is -0.233 e. The molecule has 0 atom stereocenters. The quantitative estimate of drug-likeness (QED) is 0.426. The van der Waals surface area contributed by atoms with Crippen molar-refractivity contribution in [2.24, 2.45) is 5.10 Å². The number of nitrogens with one attached hydrogen (secondary N) is 1. The zero-order chi connectivity index (χ0) is 4.41. The van der Waals surface area contributed by atoms with E-state index in [2.05, 4.69) is 10.5 Å². The summed E-state index contributed by atoms with van der Waals surface area (Å²) in [7, 11) is 1.86. The standard InChI is InChI=1S/C3H7N3/c1-6-4-2-3-5-6/h2,5H,3H2,1H3. The van der Waals surface area contributed by atoms with Gasteiger partial charge in [0, 0.05) is 13.3 Å². The molecule has 34 valence electrons. The van der Waals surface area contributed by atoms with E-state index in [4.69, 9.17) is 0 Å². The van der Waals surface area contributed by atoms with Crippen LogP contribution in [0.2, 0.25) is 0 Å². The zero-order valence-electron chi connectivity index (χ0n) is 3.68. The molecule has 0 aromatic rings. The largest absolute Gasteiger partial charge is 0.233 e. The molecular formula is C3H7N3. The van der Waals surface area contributed by atoms with Crippen LogP contribution in [0.25, 0.3) is 0 Å². The Morgan fingerprint density at radius 2 is 2.83 bits per heavy atom. The van der Waals surface area contributed by atoms with Crippen LogP contribution in [0.5, 0.6) is 0 Å². The molecule has 0 bridgehead atoms. The second-order valence-corrected chi connectivity index (χ2v) is 1.18. The summed E-state index contributed by atoms with van der Waals surface area (Å²) < 4.78 is 0. The van der Waals surface area contributed by atoms with Crippen LogP contribution in [0, 0.1) is 0 Å². The van der Waals surface area contributed by atoms with E-state index in [0.29, 0.717) is 0 Å². The number of hydrogen-bond donors (Lipinski definition) is 1. The van der Waals surface area contributed by atoms with Gasteiger partial charge in [-0.2, -0.15) is 5.10 Å². The van der Waals surface area contributed by atoms with Crippen molar-refractivity contribution in [2.45, 2.75) is 0 Å². The molecule has 0 spiro atoms. The van der Waals surface area contributed by atoms with Crippen molar-refractivity contribution in [3.05, 3.63) is 0 Å². The molecule has 0 unspecified atom stereocenters. The Balaban J connectivity index is 2.38. The van der Waals surface area contributed by atoms with Gasteiger partial charge in [0.2, 0.25) is 0 Å². The highest BCUT2D eigenvalue weighted by molar-refractivity contribution is 5.60. The van der Waals surface area contributed by atoms with Crippen LogP contribution >= 0.6 is 0 Å². The molecule has 1 rings (SSSR count). The topological polar surface area (TPSA) is 27.6 Å². The van der Waals surface area contributed by atoms with Gasteiger partial charge in [0.25, 0.3) is 0 Å². The van der Waals surface area contributed by atoms with Crippen molar-refractivity contribution >= 4 is 6.21 Å². The van der Waals surface area contributed by atoms with Crippen molar-refractivity contribution < 1.29 is 0 Å². The van der Waals surface area contributed by atoms with E-state index in [-0.39, 0.29) is 0 Å². The molecule has 0 fully saturated rings. The lowest BCUT2D eigenvalue weighted by molar-refractivity contribution is 0.290. The lowest BCUT2D eigenvalue weighted by Crippen LogP contribution is -2.23. The molecule has 0 aromatic carbocycles. The Bertz CT molecular complexity index is 68.4. The number of hydrazine groups is 1. The van der Waals surface area contributed by atoms with Gasteiger partial charge in [0.1, 0.15) is 0 Å². The second kappa shape index (κ2) is 1.26. The van der Waals surface area contributed by atoms with Gasteiger partial charge >= 0.3 is 0 Å². The van der Waals surface area contributed by atoms with Gasteiger partial charge in [-0.1, -0.05) is 0 Å².